The summed E-state index contributed by atoms with van der Waals surface area (Å²) >= 11 is 0. The summed E-state index contributed by atoms with van der Waals surface area (Å²) < 4.78 is 5.03. The smallest absolute Gasteiger partial charge is 0.211 e. The third kappa shape index (κ3) is 3.76. The lowest BCUT2D eigenvalue weighted by atomic mass is 10.4. The number of furan rings is 1. The van der Waals surface area contributed by atoms with Crippen molar-refractivity contribution in [2.45, 2.75) is 0 Å². The molecule has 0 saturated heterocycles. The molecule has 5 nitrogen and oxygen atoms in total. The van der Waals surface area contributed by atoms with Crippen LogP contribution < -0.4 is 11.5 Å². The predicted molar refractivity (Wildman–Crippen MR) is 52.0 cm³/mol. The summed E-state index contributed by atoms with van der Waals surface area (Å²) in [7, 11) is 0. The Kier molecular flexibility index (Phi) is 3.31. The largest absolute Gasteiger partial charge is 0.465 e. The van der Waals surface area contributed by atoms with Crippen molar-refractivity contribution in [2.24, 2.45) is 21.7 Å². The van der Waals surface area contributed by atoms with Crippen molar-refractivity contribution in [3.8, 4) is 0 Å². The molecule has 0 atom stereocenters. The molecule has 0 aromatic carbocycles. The number of nitrogens with zero attached hydrogens (tertiary/aromatic N) is 2. The van der Waals surface area contributed by atoms with Crippen molar-refractivity contribution in [3.05, 3.63) is 30.2 Å². The Morgan fingerprint density at radius 2 is 2.31 bits per heavy atom. The van der Waals surface area contributed by atoms with E-state index in [0.717, 1.165) is 5.76 Å². The monoisotopic (exact) mass is 178 g/mol. The molecule has 5 heteroatoms. The molecule has 0 aliphatic rings. The summed E-state index contributed by atoms with van der Waals surface area (Å²) in [6.07, 6.45) is 6.46. The number of hydrogen-bond acceptors (Lipinski definition) is 3. The highest BCUT2D eigenvalue weighted by Gasteiger charge is 1.83. The van der Waals surface area contributed by atoms with E-state index in [2.05, 4.69) is 10.2 Å². The average molecular weight is 178 g/mol. The molecule has 1 heterocycles. The lowest BCUT2D eigenvalue weighted by Gasteiger charge is -1.81. The van der Waals surface area contributed by atoms with Gasteiger partial charge in [0, 0.05) is 6.21 Å². The van der Waals surface area contributed by atoms with Gasteiger partial charge >= 0.3 is 0 Å². The van der Waals surface area contributed by atoms with E-state index >= 15 is 0 Å². The highest BCUT2D eigenvalue weighted by atomic mass is 16.3. The maximum absolute atomic E-state index is 5.04. The Morgan fingerprint density at radius 1 is 1.46 bits per heavy atom. The molecule has 0 saturated carbocycles. The minimum Gasteiger partial charge on any atom is -0.465 e. The molecule has 1 aromatic rings. The van der Waals surface area contributed by atoms with Gasteiger partial charge in [0.1, 0.15) is 5.76 Å². The van der Waals surface area contributed by atoms with Crippen molar-refractivity contribution in [2.75, 3.05) is 0 Å². The first-order chi connectivity index (χ1) is 6.29. The van der Waals surface area contributed by atoms with E-state index in [-0.39, 0.29) is 5.96 Å². The van der Waals surface area contributed by atoms with Crippen LogP contribution in [0.25, 0.3) is 6.08 Å². The third-order valence-electron chi connectivity index (χ3n) is 1.13. The molecular weight excluding hydrogens is 168 g/mol. The lowest BCUT2D eigenvalue weighted by molar-refractivity contribution is 0.557. The number of rotatable bonds is 3. The number of guanidine groups is 1. The van der Waals surface area contributed by atoms with Gasteiger partial charge in [-0.15, -0.1) is 5.10 Å². The number of nitrogens with two attached hydrogens (primary N) is 2. The topological polar surface area (TPSA) is 89.9 Å². The van der Waals surface area contributed by atoms with E-state index in [1.165, 1.54) is 6.21 Å². The standard InChI is InChI=1S/C8H10N4O/c9-8(10)12-11-5-1-3-7-4-2-6-13-7/h1-6H,(H4,9,10,12)/b3-1+,11-5+. The molecule has 0 aliphatic heterocycles. The van der Waals surface area contributed by atoms with Gasteiger partial charge in [-0.3, -0.25) is 0 Å². The van der Waals surface area contributed by atoms with E-state index in [4.69, 9.17) is 15.9 Å². The molecule has 0 bridgehead atoms. The number of allylic oxidation sites excluding steroid dienone is 1. The minimum absolute atomic E-state index is 0.0670. The molecule has 1 aromatic heterocycles. The fourth-order valence-electron chi connectivity index (χ4n) is 0.662. The quantitative estimate of drug-likeness (QED) is 0.402. The zero-order chi connectivity index (χ0) is 9.52. The molecule has 0 fully saturated rings. The molecule has 0 spiro atoms. The Balaban J connectivity index is 2.43. The van der Waals surface area contributed by atoms with Crippen LogP contribution in [0.4, 0.5) is 0 Å². The second-order valence-corrected chi connectivity index (χ2v) is 2.16. The van der Waals surface area contributed by atoms with Gasteiger partial charge < -0.3 is 15.9 Å². The van der Waals surface area contributed by atoms with Crippen LogP contribution in [0.1, 0.15) is 5.76 Å². The van der Waals surface area contributed by atoms with Crippen LogP contribution in [-0.4, -0.2) is 12.2 Å². The van der Waals surface area contributed by atoms with Crippen molar-refractivity contribution in [3.63, 3.8) is 0 Å². The van der Waals surface area contributed by atoms with Crippen molar-refractivity contribution in [1.29, 1.82) is 0 Å². The highest BCUT2D eigenvalue weighted by molar-refractivity contribution is 5.79. The first-order valence-electron chi connectivity index (χ1n) is 3.61. The second kappa shape index (κ2) is 4.76. The summed E-state index contributed by atoms with van der Waals surface area (Å²) in [6, 6.07) is 3.62. The molecular formula is C8H10N4O. The van der Waals surface area contributed by atoms with Gasteiger partial charge in [0.25, 0.3) is 0 Å². The average Bonchev–Trinajstić information content (AvgIpc) is 2.55. The zero-order valence-corrected chi connectivity index (χ0v) is 6.92. The van der Waals surface area contributed by atoms with Crippen LogP contribution in [-0.2, 0) is 0 Å². The Hall–Kier alpha value is -2.04. The maximum atomic E-state index is 5.04. The summed E-state index contributed by atoms with van der Waals surface area (Å²) in [5.41, 5.74) is 10.1. The Labute approximate surface area is 75.4 Å². The van der Waals surface area contributed by atoms with E-state index in [1.807, 2.05) is 6.07 Å². The van der Waals surface area contributed by atoms with Crippen LogP contribution in [0.5, 0.6) is 0 Å². The van der Waals surface area contributed by atoms with Crippen LogP contribution in [0.15, 0.2) is 39.1 Å². The van der Waals surface area contributed by atoms with E-state index in [0.29, 0.717) is 0 Å². The predicted octanol–water partition coefficient (Wildman–Crippen LogP) is 0.552. The molecule has 0 unspecified atom stereocenters. The van der Waals surface area contributed by atoms with Gasteiger partial charge in [-0.25, -0.2) is 0 Å². The van der Waals surface area contributed by atoms with Crippen molar-refractivity contribution in [1.82, 2.24) is 0 Å². The fourth-order valence-corrected chi connectivity index (χ4v) is 0.662. The van der Waals surface area contributed by atoms with Gasteiger partial charge in [0.05, 0.1) is 6.26 Å². The Morgan fingerprint density at radius 3 is 2.92 bits per heavy atom. The van der Waals surface area contributed by atoms with E-state index in [9.17, 15) is 0 Å². The summed E-state index contributed by atoms with van der Waals surface area (Å²) in [5.74, 6) is 0.679. The molecule has 4 N–H and O–H groups in total. The molecule has 68 valence electrons. The van der Waals surface area contributed by atoms with E-state index in [1.54, 1.807) is 24.5 Å². The van der Waals surface area contributed by atoms with Crippen LogP contribution in [0, 0.1) is 0 Å². The minimum atomic E-state index is -0.0670. The maximum Gasteiger partial charge on any atom is 0.211 e. The SMILES string of the molecule is NC(N)=N/N=C/C=C/c1ccco1. The highest BCUT2D eigenvalue weighted by Crippen LogP contribution is 2.00. The van der Waals surface area contributed by atoms with Crippen molar-refractivity contribution >= 4 is 18.3 Å². The molecule has 0 radical (unpaired) electrons. The zero-order valence-electron chi connectivity index (χ0n) is 6.92. The van der Waals surface area contributed by atoms with Gasteiger partial charge in [0.15, 0.2) is 0 Å². The molecule has 1 rings (SSSR count). The lowest BCUT2D eigenvalue weighted by Crippen LogP contribution is -2.21. The van der Waals surface area contributed by atoms with E-state index < -0.39 is 0 Å². The van der Waals surface area contributed by atoms with Crippen LogP contribution in [0.2, 0.25) is 0 Å². The molecule has 0 amide bonds. The van der Waals surface area contributed by atoms with Crippen LogP contribution >= 0.6 is 0 Å². The Bertz CT molecular complexity index is 320. The van der Waals surface area contributed by atoms with Crippen molar-refractivity contribution < 1.29 is 4.42 Å². The van der Waals surface area contributed by atoms with Gasteiger partial charge in [0.2, 0.25) is 5.96 Å². The fraction of sp³-hybridized carbons (Fsp3) is 0. The summed E-state index contributed by atoms with van der Waals surface area (Å²) in [4.78, 5) is 0. The van der Waals surface area contributed by atoms with Crippen LogP contribution in [0.3, 0.4) is 0 Å². The first-order valence-corrected chi connectivity index (χ1v) is 3.61. The second-order valence-electron chi connectivity index (χ2n) is 2.16. The molecule has 0 aliphatic carbocycles. The van der Waals surface area contributed by atoms with Gasteiger partial charge in [-0.2, -0.15) is 5.10 Å². The molecule has 13 heavy (non-hydrogen) atoms. The van der Waals surface area contributed by atoms with Gasteiger partial charge in [-0.05, 0) is 24.3 Å². The summed E-state index contributed by atoms with van der Waals surface area (Å²) in [5, 5.41) is 6.96. The first kappa shape index (κ1) is 9.05. The third-order valence-corrected chi connectivity index (χ3v) is 1.13. The number of hydrogen-bond donors (Lipinski definition) is 2. The van der Waals surface area contributed by atoms with Gasteiger partial charge in [-0.1, -0.05) is 0 Å². The normalized spacial score (nSPS) is 11.1. The summed E-state index contributed by atoms with van der Waals surface area (Å²) in [6.45, 7) is 0.